The largest absolute Gasteiger partial charge is 0.437 e. The molecular weight excluding hydrogens is 296 g/mol. The van der Waals surface area contributed by atoms with Crippen LogP contribution in [0.1, 0.15) is 68.8 Å². The molecule has 0 unspecified atom stereocenters. The first-order valence-electron chi connectivity index (χ1n) is 9.26. The first-order valence-corrected chi connectivity index (χ1v) is 9.26. The van der Waals surface area contributed by atoms with Gasteiger partial charge in [0, 0.05) is 6.20 Å². The number of rotatable bonds is 10. The quantitative estimate of drug-likeness (QED) is 0.489. The van der Waals surface area contributed by atoms with E-state index in [-0.39, 0.29) is 0 Å². The lowest BCUT2D eigenvalue weighted by molar-refractivity contribution is 0.453. The highest BCUT2D eigenvalue weighted by Gasteiger charge is 2.05. The summed E-state index contributed by atoms with van der Waals surface area (Å²) >= 11 is 0. The number of aryl methyl sites for hydroxylation is 3. The third-order valence-corrected chi connectivity index (χ3v) is 4.24. The summed E-state index contributed by atoms with van der Waals surface area (Å²) in [4.78, 5) is 8.68. The third-order valence-electron chi connectivity index (χ3n) is 4.24. The number of hydrogen-bond donors (Lipinski definition) is 0. The molecule has 1 aromatic carbocycles. The van der Waals surface area contributed by atoms with Crippen LogP contribution in [0.4, 0.5) is 0 Å². The predicted octanol–water partition coefficient (Wildman–Crippen LogP) is 6.18. The van der Waals surface area contributed by atoms with Gasteiger partial charge in [-0.1, -0.05) is 57.6 Å². The van der Waals surface area contributed by atoms with Crippen molar-refractivity contribution in [2.75, 3.05) is 0 Å². The zero-order valence-electron chi connectivity index (χ0n) is 15.3. The van der Waals surface area contributed by atoms with Crippen LogP contribution in [-0.2, 0) is 6.42 Å². The molecule has 3 heteroatoms. The number of hydrogen-bond acceptors (Lipinski definition) is 3. The molecule has 2 aromatic rings. The van der Waals surface area contributed by atoms with Gasteiger partial charge >= 0.3 is 0 Å². The Morgan fingerprint density at radius 2 is 1.54 bits per heavy atom. The van der Waals surface area contributed by atoms with E-state index in [1.54, 1.807) is 6.20 Å². The molecule has 0 spiro atoms. The first-order chi connectivity index (χ1) is 11.7. The molecule has 3 nitrogen and oxygen atoms in total. The van der Waals surface area contributed by atoms with E-state index < -0.39 is 0 Å². The van der Waals surface area contributed by atoms with Gasteiger partial charge in [-0.2, -0.15) is 0 Å². The number of aromatic nitrogens is 2. The van der Waals surface area contributed by atoms with Gasteiger partial charge in [0.25, 0.3) is 0 Å². The maximum Gasteiger partial charge on any atom is 0.241 e. The molecule has 0 amide bonds. The highest BCUT2D eigenvalue weighted by Crippen LogP contribution is 2.22. The third kappa shape index (κ3) is 6.31. The second-order valence-corrected chi connectivity index (χ2v) is 6.52. The Morgan fingerprint density at radius 1 is 0.875 bits per heavy atom. The fourth-order valence-corrected chi connectivity index (χ4v) is 2.73. The lowest BCUT2D eigenvalue weighted by atomic mass is 10.0. The van der Waals surface area contributed by atoms with E-state index in [2.05, 4.69) is 29.0 Å². The van der Waals surface area contributed by atoms with Crippen molar-refractivity contribution < 1.29 is 4.74 Å². The molecule has 0 radical (unpaired) electrons. The summed E-state index contributed by atoms with van der Waals surface area (Å²) in [5.41, 5.74) is 3.06. The Morgan fingerprint density at radius 3 is 2.25 bits per heavy atom. The van der Waals surface area contributed by atoms with Gasteiger partial charge in [-0.25, -0.2) is 4.98 Å². The van der Waals surface area contributed by atoms with E-state index in [1.165, 1.54) is 50.5 Å². The van der Waals surface area contributed by atoms with Gasteiger partial charge in [-0.05, 0) is 44.4 Å². The number of benzene rings is 1. The highest BCUT2D eigenvalue weighted by atomic mass is 16.5. The van der Waals surface area contributed by atoms with E-state index in [0.717, 1.165) is 23.6 Å². The van der Waals surface area contributed by atoms with E-state index in [0.29, 0.717) is 5.88 Å². The number of ether oxygens (including phenoxy) is 1. The van der Waals surface area contributed by atoms with Crippen LogP contribution in [0.3, 0.4) is 0 Å². The summed E-state index contributed by atoms with van der Waals surface area (Å²) in [7, 11) is 0. The standard InChI is InChI=1S/C21H30N2O/c1-4-5-6-7-8-9-10-11-19-12-14-20(15-13-19)24-21-18(3)22-16-17(2)23-21/h12-16H,4-11H2,1-3H3. The van der Waals surface area contributed by atoms with Crippen LogP contribution < -0.4 is 4.74 Å². The summed E-state index contributed by atoms with van der Waals surface area (Å²) in [6.45, 7) is 6.10. The Bertz CT molecular complexity index is 608. The van der Waals surface area contributed by atoms with Gasteiger partial charge in [-0.3, -0.25) is 4.98 Å². The van der Waals surface area contributed by atoms with Crippen molar-refractivity contribution >= 4 is 0 Å². The Labute approximate surface area is 146 Å². The van der Waals surface area contributed by atoms with E-state index in [4.69, 9.17) is 4.74 Å². The normalized spacial score (nSPS) is 10.8. The molecule has 0 aliphatic carbocycles. The molecule has 0 bridgehead atoms. The molecule has 0 aliphatic rings. The average molecular weight is 326 g/mol. The van der Waals surface area contributed by atoms with Crippen LogP contribution in [0.25, 0.3) is 0 Å². The summed E-state index contributed by atoms with van der Waals surface area (Å²) in [5, 5.41) is 0. The van der Waals surface area contributed by atoms with Crippen LogP contribution in [0.2, 0.25) is 0 Å². The van der Waals surface area contributed by atoms with Crippen molar-refractivity contribution in [3.05, 3.63) is 47.4 Å². The fourth-order valence-electron chi connectivity index (χ4n) is 2.73. The van der Waals surface area contributed by atoms with Crippen molar-refractivity contribution in [3.63, 3.8) is 0 Å². The van der Waals surface area contributed by atoms with Crippen LogP contribution in [0.15, 0.2) is 30.5 Å². The van der Waals surface area contributed by atoms with E-state index in [9.17, 15) is 0 Å². The van der Waals surface area contributed by atoms with Gasteiger partial charge in [-0.15, -0.1) is 0 Å². The molecule has 24 heavy (non-hydrogen) atoms. The fraction of sp³-hybridized carbons (Fsp3) is 0.524. The van der Waals surface area contributed by atoms with Crippen LogP contribution in [0, 0.1) is 13.8 Å². The zero-order valence-corrected chi connectivity index (χ0v) is 15.3. The molecule has 0 aliphatic heterocycles. The number of nitrogens with zero attached hydrogens (tertiary/aromatic N) is 2. The average Bonchev–Trinajstić information content (AvgIpc) is 2.59. The van der Waals surface area contributed by atoms with Crippen molar-refractivity contribution in [2.45, 2.75) is 72.1 Å². The summed E-state index contributed by atoms with van der Waals surface area (Å²) < 4.78 is 5.85. The minimum Gasteiger partial charge on any atom is -0.437 e. The van der Waals surface area contributed by atoms with Crippen LogP contribution >= 0.6 is 0 Å². The summed E-state index contributed by atoms with van der Waals surface area (Å²) in [6, 6.07) is 8.37. The molecule has 1 aromatic heterocycles. The van der Waals surface area contributed by atoms with Gasteiger partial charge in [0.05, 0.1) is 11.4 Å². The van der Waals surface area contributed by atoms with Crippen molar-refractivity contribution in [1.29, 1.82) is 0 Å². The van der Waals surface area contributed by atoms with Crippen LogP contribution in [-0.4, -0.2) is 9.97 Å². The molecule has 1 heterocycles. The van der Waals surface area contributed by atoms with E-state index in [1.807, 2.05) is 26.0 Å². The SMILES string of the molecule is CCCCCCCCCc1ccc(Oc2nc(C)cnc2C)cc1. The van der Waals surface area contributed by atoms with E-state index >= 15 is 0 Å². The molecule has 2 rings (SSSR count). The molecule has 0 fully saturated rings. The zero-order chi connectivity index (χ0) is 17.2. The van der Waals surface area contributed by atoms with Crippen molar-refractivity contribution in [3.8, 4) is 11.6 Å². The summed E-state index contributed by atoms with van der Waals surface area (Å²) in [5.74, 6) is 1.41. The van der Waals surface area contributed by atoms with Crippen molar-refractivity contribution in [2.24, 2.45) is 0 Å². The van der Waals surface area contributed by atoms with Crippen molar-refractivity contribution in [1.82, 2.24) is 9.97 Å². The van der Waals surface area contributed by atoms with Gasteiger partial charge in [0.1, 0.15) is 5.75 Å². The molecular formula is C21H30N2O. The molecule has 130 valence electrons. The first kappa shape index (κ1) is 18.4. The lowest BCUT2D eigenvalue weighted by Gasteiger charge is -2.08. The smallest absolute Gasteiger partial charge is 0.241 e. The minimum absolute atomic E-state index is 0.592. The Hall–Kier alpha value is -1.90. The Kier molecular flexibility index (Phi) is 7.73. The molecule has 0 saturated carbocycles. The topological polar surface area (TPSA) is 35.0 Å². The molecule has 0 N–H and O–H groups in total. The van der Waals surface area contributed by atoms with Gasteiger partial charge in [0.2, 0.25) is 5.88 Å². The van der Waals surface area contributed by atoms with Crippen LogP contribution in [0.5, 0.6) is 11.6 Å². The number of unbranched alkanes of at least 4 members (excludes halogenated alkanes) is 6. The van der Waals surface area contributed by atoms with Gasteiger partial charge in [0.15, 0.2) is 0 Å². The maximum absolute atomic E-state index is 5.85. The maximum atomic E-state index is 5.85. The second kappa shape index (κ2) is 10.1. The lowest BCUT2D eigenvalue weighted by Crippen LogP contribution is -1.96. The minimum atomic E-state index is 0.592. The van der Waals surface area contributed by atoms with Gasteiger partial charge < -0.3 is 4.74 Å². The second-order valence-electron chi connectivity index (χ2n) is 6.52. The monoisotopic (exact) mass is 326 g/mol. The summed E-state index contributed by atoms with van der Waals surface area (Å²) in [6.07, 6.45) is 12.4. The predicted molar refractivity (Wildman–Crippen MR) is 99.7 cm³/mol. The highest BCUT2D eigenvalue weighted by molar-refractivity contribution is 5.32. The molecule has 0 atom stereocenters. The molecule has 0 saturated heterocycles. The Balaban J connectivity index is 1.75.